The Hall–Kier alpha value is -4.97. The number of para-hydroxylation sites is 2. The third-order valence-electron chi connectivity index (χ3n) is 11.4. The Morgan fingerprint density at radius 1 is 0.925 bits per heavy atom. The number of hydrogen-bond acceptors (Lipinski definition) is 6. The molecule has 1 spiro atoms. The molecule has 1 aromatic heterocycles. The van der Waals surface area contributed by atoms with E-state index in [-0.39, 0.29) is 24.3 Å². The summed E-state index contributed by atoms with van der Waals surface area (Å²) in [5, 5.41) is 18.9. The lowest BCUT2D eigenvalue weighted by atomic mass is 9.82. The fourth-order valence-corrected chi connectivity index (χ4v) is 11.5. The number of aliphatic hydroxyl groups is 1. The number of rotatable bonds is 10. The van der Waals surface area contributed by atoms with Crippen LogP contribution in [0.5, 0.6) is 0 Å². The Bertz CT molecular complexity index is 2140. The highest BCUT2D eigenvalue weighted by atomic mass is 28.4. The van der Waals surface area contributed by atoms with Gasteiger partial charge in [-0.2, -0.15) is 0 Å². The van der Waals surface area contributed by atoms with E-state index in [4.69, 9.17) is 4.74 Å². The number of aliphatic hydroxyl groups excluding tert-OH is 1. The van der Waals surface area contributed by atoms with E-state index in [1.54, 1.807) is 27.6 Å². The van der Waals surface area contributed by atoms with Crippen molar-refractivity contribution in [2.45, 2.75) is 75.5 Å². The van der Waals surface area contributed by atoms with Gasteiger partial charge in [0.05, 0.1) is 42.2 Å². The zero-order chi connectivity index (χ0) is 36.9. The van der Waals surface area contributed by atoms with Crippen LogP contribution in [0.4, 0.5) is 21.2 Å². The Morgan fingerprint density at radius 3 is 2.36 bits per heavy atom. The van der Waals surface area contributed by atoms with Gasteiger partial charge in [-0.1, -0.05) is 91.0 Å². The lowest BCUT2D eigenvalue weighted by molar-refractivity contribution is -0.146. The van der Waals surface area contributed by atoms with Crippen LogP contribution in [0, 0.1) is 5.92 Å². The lowest BCUT2D eigenvalue weighted by Crippen LogP contribution is -2.45. The maximum Gasteiger partial charge on any atom is 0.264 e. The van der Waals surface area contributed by atoms with E-state index in [1.165, 1.54) is 0 Å². The van der Waals surface area contributed by atoms with Crippen LogP contribution in [0.3, 0.4) is 0 Å². The van der Waals surface area contributed by atoms with Crippen LogP contribution in [0.15, 0.2) is 109 Å². The fourth-order valence-electron chi connectivity index (χ4n) is 8.97. The van der Waals surface area contributed by atoms with Crippen molar-refractivity contribution in [1.29, 1.82) is 0 Å². The summed E-state index contributed by atoms with van der Waals surface area (Å²) in [4.78, 5) is 31.4. The molecular weight excluding hydrogens is 686 g/mol. The molecule has 1 N–H and O–H groups in total. The predicted octanol–water partition coefficient (Wildman–Crippen LogP) is 7.43. The number of ether oxygens (including phenoxy) is 1. The van der Waals surface area contributed by atoms with Gasteiger partial charge in [0.15, 0.2) is 5.60 Å². The minimum absolute atomic E-state index is 0.0589. The summed E-state index contributed by atoms with van der Waals surface area (Å²) in [6.07, 6.45) is 2.94. The van der Waals surface area contributed by atoms with Gasteiger partial charge in [-0.05, 0) is 66.9 Å². The largest absolute Gasteiger partial charge is 0.395 e. The molecule has 0 saturated carbocycles. The summed E-state index contributed by atoms with van der Waals surface area (Å²) in [5.41, 5.74) is 5.12. The molecule has 8 rings (SSSR count). The van der Waals surface area contributed by atoms with Gasteiger partial charge < -0.3 is 18.9 Å². The van der Waals surface area contributed by atoms with E-state index < -0.39 is 31.6 Å². The van der Waals surface area contributed by atoms with Crippen molar-refractivity contribution in [2.75, 3.05) is 16.4 Å². The quantitative estimate of drug-likeness (QED) is 0.119. The Labute approximate surface area is 310 Å². The molecule has 4 heterocycles. The second-order valence-electron chi connectivity index (χ2n) is 15.0. The van der Waals surface area contributed by atoms with Crippen LogP contribution >= 0.6 is 0 Å². The molecular formula is C42H44FN5O4Si. The molecule has 2 amide bonds. The van der Waals surface area contributed by atoms with Crippen LogP contribution in [0.1, 0.15) is 53.6 Å². The molecule has 5 aromatic rings. The second-order valence-corrected chi connectivity index (χ2v) is 18.8. The fraction of sp³-hybridized carbons (Fsp3) is 0.333. The van der Waals surface area contributed by atoms with Gasteiger partial charge in [-0.25, -0.2) is 0 Å². The second kappa shape index (κ2) is 13.8. The summed E-state index contributed by atoms with van der Waals surface area (Å²) >= 11 is 0. The number of carbonyl (C=O) groups excluding carboxylic acids is 2. The van der Waals surface area contributed by atoms with E-state index in [0.717, 1.165) is 45.7 Å². The minimum Gasteiger partial charge on any atom is -0.395 e. The summed E-state index contributed by atoms with van der Waals surface area (Å²) in [6.45, 7) is 6.01. The molecule has 0 aliphatic carbocycles. The molecule has 5 atom stereocenters. The van der Waals surface area contributed by atoms with Crippen LogP contribution in [-0.2, 0) is 39.4 Å². The number of benzene rings is 4. The molecule has 3 aliphatic heterocycles. The van der Waals surface area contributed by atoms with Gasteiger partial charge in [0.2, 0.25) is 14.3 Å². The smallest absolute Gasteiger partial charge is 0.264 e. The number of carbonyl (C=O) groups is 2. The summed E-state index contributed by atoms with van der Waals surface area (Å²) in [6, 6.07) is 33.2. The van der Waals surface area contributed by atoms with E-state index in [1.807, 2.05) is 110 Å². The van der Waals surface area contributed by atoms with Gasteiger partial charge in [-0.15, -0.1) is 5.10 Å². The van der Waals surface area contributed by atoms with Crippen LogP contribution in [0.2, 0.25) is 18.6 Å². The van der Waals surface area contributed by atoms with Crippen molar-refractivity contribution in [3.8, 4) is 0 Å². The van der Waals surface area contributed by atoms with Crippen molar-refractivity contribution in [3.63, 3.8) is 0 Å². The number of hydrogen-bond donors (Lipinski definition) is 1. The molecule has 272 valence electrons. The van der Waals surface area contributed by atoms with Crippen molar-refractivity contribution in [2.24, 2.45) is 5.92 Å². The molecule has 1 unspecified atom stereocenters. The first kappa shape index (κ1) is 35.1. The monoisotopic (exact) mass is 729 g/mol. The zero-order valence-electron chi connectivity index (χ0n) is 30.2. The Balaban J connectivity index is 1.04. The number of nitrogens with zero attached hydrogens (tertiary/aromatic N) is 5. The summed E-state index contributed by atoms with van der Waals surface area (Å²) in [7, 11) is -3.35. The van der Waals surface area contributed by atoms with Gasteiger partial charge >= 0.3 is 0 Å². The van der Waals surface area contributed by atoms with Crippen molar-refractivity contribution in [1.82, 2.24) is 15.0 Å². The van der Waals surface area contributed by atoms with E-state index in [2.05, 4.69) is 16.4 Å². The van der Waals surface area contributed by atoms with E-state index in [9.17, 15) is 14.7 Å². The van der Waals surface area contributed by atoms with Crippen LogP contribution in [0.25, 0.3) is 0 Å². The van der Waals surface area contributed by atoms with Gasteiger partial charge in [0, 0.05) is 41.9 Å². The van der Waals surface area contributed by atoms with Crippen molar-refractivity contribution >= 4 is 37.3 Å². The number of fused-ring (bicyclic) bond motifs is 3. The van der Waals surface area contributed by atoms with E-state index >= 15 is 4.11 Å². The molecule has 9 nitrogen and oxygen atoms in total. The van der Waals surface area contributed by atoms with Crippen molar-refractivity contribution < 1.29 is 23.5 Å². The maximum atomic E-state index is 16.4. The summed E-state index contributed by atoms with van der Waals surface area (Å²) < 4.78 is 25.1. The Kier molecular flexibility index (Phi) is 9.12. The molecule has 1 saturated heterocycles. The summed E-state index contributed by atoms with van der Waals surface area (Å²) in [5.74, 6) is -0.838. The number of aryl methyl sites for hydroxylation is 2. The zero-order valence-corrected chi connectivity index (χ0v) is 31.2. The highest BCUT2D eigenvalue weighted by molar-refractivity contribution is 6.72. The normalized spacial score (nSPS) is 23.1. The van der Waals surface area contributed by atoms with Gasteiger partial charge in [0.25, 0.3) is 5.91 Å². The first-order chi connectivity index (χ1) is 25.6. The van der Waals surface area contributed by atoms with Crippen LogP contribution in [-0.4, -0.2) is 53.0 Å². The average Bonchev–Trinajstić information content (AvgIpc) is 3.82. The topological polar surface area (TPSA) is 101 Å². The predicted molar refractivity (Wildman–Crippen MR) is 204 cm³/mol. The van der Waals surface area contributed by atoms with Gasteiger partial charge in [-0.3, -0.25) is 19.2 Å². The number of aromatic nitrogens is 3. The maximum absolute atomic E-state index is 16.4. The average molecular weight is 730 g/mol. The third kappa shape index (κ3) is 6.10. The number of anilines is 3. The van der Waals surface area contributed by atoms with Crippen LogP contribution < -0.4 is 9.80 Å². The van der Waals surface area contributed by atoms with E-state index in [0.29, 0.717) is 31.6 Å². The molecule has 1 fully saturated rings. The highest BCUT2D eigenvalue weighted by Gasteiger charge is 2.66. The molecule has 0 bridgehead atoms. The molecule has 4 aromatic carbocycles. The lowest BCUT2D eigenvalue weighted by Gasteiger charge is -2.31. The molecule has 3 aliphatic rings. The third-order valence-corrected chi connectivity index (χ3v) is 13.9. The van der Waals surface area contributed by atoms with Gasteiger partial charge in [0.1, 0.15) is 0 Å². The van der Waals surface area contributed by atoms with Crippen molar-refractivity contribution in [3.05, 3.63) is 137 Å². The standard InChI is InChI=1S/C42H44FN5O4Si/c1-28-40(53(2,3)43)38(23-24-46-26-35(44-45-46)33(27-49)30-11-5-4-6-12-30)52-42(28)34-14-8-10-16-37(34)47(41(42)51)25-29-17-20-32(21-18-29)48-36-15-9-7-13-31(36)19-22-39(48)50/h4-18,20-21,26,28,33,38,40,49H,19,22-25,27H2,1-3H3/t28-,33?,38+,40-,42+/m0/s1. The first-order valence-electron chi connectivity index (χ1n) is 18.4. The Morgan fingerprint density at radius 2 is 1.62 bits per heavy atom. The number of amides is 2. The molecule has 0 radical (unpaired) electrons. The SMILES string of the molecule is C[C@H]1[C@H]([Si](C)(C)F)[C@@H](CCn2cc(C(CO)c3ccccc3)nn2)O[C@]12C(=O)N(Cc1ccc(N3C(=O)CCc4ccccc43)cc1)c1ccccc12. The number of halogens is 1. The first-order valence-corrected chi connectivity index (χ1v) is 21.4. The highest BCUT2D eigenvalue weighted by Crippen LogP contribution is 2.60. The minimum atomic E-state index is -3.35. The molecule has 53 heavy (non-hydrogen) atoms. The molecule has 11 heteroatoms.